The summed E-state index contributed by atoms with van der Waals surface area (Å²) in [6.07, 6.45) is 0.0801. The van der Waals surface area contributed by atoms with Gasteiger partial charge >= 0.3 is 6.09 Å². The Balaban J connectivity index is 1.30. The second kappa shape index (κ2) is 9.06. The average molecular weight is 461 g/mol. The predicted molar refractivity (Wildman–Crippen MR) is 123 cm³/mol. The molecule has 0 fully saturated rings. The summed E-state index contributed by atoms with van der Waals surface area (Å²) in [6.45, 7) is 0.720. The minimum Gasteiger partial charge on any atom is -0.449 e. The molecule has 4 rings (SSSR count). The van der Waals surface area contributed by atoms with Gasteiger partial charge in [0.05, 0.1) is 0 Å². The third-order valence-electron chi connectivity index (χ3n) is 5.10. The fourth-order valence-corrected chi connectivity index (χ4v) is 4.03. The van der Waals surface area contributed by atoms with Gasteiger partial charge in [-0.2, -0.15) is 0 Å². The minimum absolute atomic E-state index is 0.0578. The predicted octanol–water partition coefficient (Wildman–Crippen LogP) is 5.31. The summed E-state index contributed by atoms with van der Waals surface area (Å²) in [4.78, 5) is 12.1. The molecule has 30 heavy (non-hydrogen) atoms. The first-order chi connectivity index (χ1) is 14.6. The first-order valence-electron chi connectivity index (χ1n) is 9.76. The number of carbonyl (C=O) groups is 1. The number of ether oxygens (including phenoxy) is 1. The third-order valence-corrected chi connectivity index (χ3v) is 5.59. The lowest BCUT2D eigenvalue weighted by molar-refractivity contribution is 0.143. The fraction of sp³-hybridized carbons (Fsp3) is 0.160. The van der Waals surface area contributed by atoms with Crippen molar-refractivity contribution >= 4 is 27.7 Å². The molecule has 0 heterocycles. The van der Waals surface area contributed by atoms with E-state index in [1.54, 1.807) is 0 Å². The number of carbonyl (C=O) groups excluding carboxylic acids is 1. The van der Waals surface area contributed by atoms with Crippen LogP contribution in [0.15, 0.2) is 71.2 Å². The molecule has 150 valence electrons. The first kappa shape index (κ1) is 20.1. The van der Waals surface area contributed by atoms with Gasteiger partial charge in [-0.15, -0.1) is 0 Å². The largest absolute Gasteiger partial charge is 0.449 e. The highest BCUT2D eigenvalue weighted by Gasteiger charge is 2.28. The number of halogens is 1. The molecule has 3 aromatic rings. The molecule has 0 unspecified atom stereocenters. The summed E-state index contributed by atoms with van der Waals surface area (Å²) < 4.78 is 6.44. The molecule has 0 aromatic heterocycles. The van der Waals surface area contributed by atoms with Crippen molar-refractivity contribution in [3.8, 4) is 23.0 Å². The van der Waals surface area contributed by atoms with Crippen molar-refractivity contribution < 1.29 is 9.53 Å². The summed E-state index contributed by atoms with van der Waals surface area (Å²) in [5.74, 6) is 6.11. The van der Waals surface area contributed by atoms with Crippen LogP contribution in [0.4, 0.5) is 10.5 Å². The Kier molecular flexibility index (Phi) is 6.06. The molecule has 3 aromatic carbocycles. The first-order valence-corrected chi connectivity index (χ1v) is 10.6. The van der Waals surface area contributed by atoms with Gasteiger partial charge in [0.1, 0.15) is 6.61 Å². The third kappa shape index (κ3) is 4.34. The van der Waals surface area contributed by atoms with Crippen LogP contribution in [-0.4, -0.2) is 19.2 Å². The van der Waals surface area contributed by atoms with Gasteiger partial charge in [-0.3, -0.25) is 0 Å². The van der Waals surface area contributed by atoms with Crippen molar-refractivity contribution in [3.05, 3.63) is 87.9 Å². The number of nitrogens with one attached hydrogen (secondary N) is 1. The average Bonchev–Trinajstić information content (AvgIpc) is 3.08. The number of hydrogen-bond donors (Lipinski definition) is 2. The van der Waals surface area contributed by atoms with Crippen LogP contribution in [0.25, 0.3) is 11.1 Å². The number of hydrogen-bond acceptors (Lipinski definition) is 3. The van der Waals surface area contributed by atoms with Gasteiger partial charge in [-0.1, -0.05) is 76.3 Å². The van der Waals surface area contributed by atoms with E-state index >= 15 is 0 Å². The molecular weight excluding hydrogens is 440 g/mol. The number of nitrogens with two attached hydrogens (primary N) is 1. The number of amides is 1. The lowest BCUT2D eigenvalue weighted by Crippen LogP contribution is -2.26. The van der Waals surface area contributed by atoms with Gasteiger partial charge in [0.25, 0.3) is 0 Å². The van der Waals surface area contributed by atoms with Gasteiger partial charge < -0.3 is 15.8 Å². The van der Waals surface area contributed by atoms with E-state index in [0.717, 1.165) is 10.0 Å². The van der Waals surface area contributed by atoms with Crippen molar-refractivity contribution in [1.29, 1.82) is 0 Å². The summed E-state index contributed by atoms with van der Waals surface area (Å²) in [7, 11) is 0. The Morgan fingerprint density at radius 3 is 2.40 bits per heavy atom. The van der Waals surface area contributed by atoms with Gasteiger partial charge in [-0.05, 0) is 40.5 Å². The van der Waals surface area contributed by atoms with E-state index in [2.05, 4.69) is 57.4 Å². The quantitative estimate of drug-likeness (QED) is 0.314. The molecule has 0 radical (unpaired) electrons. The van der Waals surface area contributed by atoms with Crippen LogP contribution < -0.4 is 11.1 Å². The van der Waals surface area contributed by atoms with Crippen molar-refractivity contribution in [2.45, 2.75) is 12.3 Å². The summed E-state index contributed by atoms with van der Waals surface area (Å²) >= 11 is 3.41. The monoisotopic (exact) mass is 460 g/mol. The Labute approximate surface area is 184 Å². The Bertz CT molecular complexity index is 1100. The molecule has 0 spiro atoms. The summed E-state index contributed by atoms with van der Waals surface area (Å²) in [6, 6.07) is 22.1. The van der Waals surface area contributed by atoms with Crippen LogP contribution in [0.2, 0.25) is 0 Å². The molecular formula is C25H21BrN2O2. The highest BCUT2D eigenvalue weighted by atomic mass is 79.9. The Morgan fingerprint density at radius 1 is 1.03 bits per heavy atom. The number of fused-ring (bicyclic) bond motifs is 3. The maximum atomic E-state index is 12.1. The number of alkyl carbamates (subject to hydrolysis) is 1. The lowest BCUT2D eigenvalue weighted by Gasteiger charge is -2.14. The number of nitrogen functional groups attached to an aromatic ring is 1. The zero-order valence-corrected chi connectivity index (χ0v) is 17.9. The lowest BCUT2D eigenvalue weighted by atomic mass is 9.98. The van der Waals surface area contributed by atoms with Crippen LogP contribution >= 0.6 is 15.9 Å². The van der Waals surface area contributed by atoms with E-state index < -0.39 is 6.09 Å². The van der Waals surface area contributed by atoms with Crippen LogP contribution in [0, 0.1) is 11.8 Å². The second-order valence-corrected chi connectivity index (χ2v) is 7.95. The number of benzene rings is 3. The molecule has 4 nitrogen and oxygen atoms in total. The molecule has 0 bridgehead atoms. The van der Waals surface area contributed by atoms with Gasteiger partial charge in [0.15, 0.2) is 0 Å². The normalized spacial score (nSPS) is 11.8. The van der Waals surface area contributed by atoms with Gasteiger partial charge in [0, 0.05) is 34.6 Å². The van der Waals surface area contributed by atoms with E-state index in [1.807, 2.05) is 42.5 Å². The van der Waals surface area contributed by atoms with E-state index in [-0.39, 0.29) is 5.92 Å². The minimum atomic E-state index is -0.430. The highest BCUT2D eigenvalue weighted by Crippen LogP contribution is 2.44. The fourth-order valence-electron chi connectivity index (χ4n) is 3.67. The van der Waals surface area contributed by atoms with Crippen molar-refractivity contribution in [3.63, 3.8) is 0 Å². The molecule has 0 aliphatic heterocycles. The van der Waals surface area contributed by atoms with Crippen molar-refractivity contribution in [1.82, 2.24) is 5.32 Å². The van der Waals surface area contributed by atoms with E-state index in [1.165, 1.54) is 22.3 Å². The number of anilines is 1. The highest BCUT2D eigenvalue weighted by molar-refractivity contribution is 9.10. The maximum Gasteiger partial charge on any atom is 0.407 e. The van der Waals surface area contributed by atoms with E-state index in [9.17, 15) is 4.79 Å². The van der Waals surface area contributed by atoms with Crippen molar-refractivity contribution in [2.24, 2.45) is 0 Å². The Morgan fingerprint density at radius 2 is 1.70 bits per heavy atom. The molecule has 0 atom stereocenters. The summed E-state index contributed by atoms with van der Waals surface area (Å²) in [5, 5.41) is 2.76. The summed E-state index contributed by atoms with van der Waals surface area (Å²) in [5.41, 5.74) is 12.1. The van der Waals surface area contributed by atoms with Gasteiger partial charge in [0.2, 0.25) is 0 Å². The topological polar surface area (TPSA) is 64.3 Å². The Hall–Kier alpha value is -3.23. The zero-order valence-electron chi connectivity index (χ0n) is 16.3. The van der Waals surface area contributed by atoms with Crippen LogP contribution in [0.1, 0.15) is 29.0 Å². The van der Waals surface area contributed by atoms with Crippen LogP contribution in [0.5, 0.6) is 0 Å². The maximum absolute atomic E-state index is 12.1. The smallest absolute Gasteiger partial charge is 0.407 e. The molecule has 3 N–H and O–H groups in total. The standard InChI is InChI=1S/C25H21BrN2O2/c26-18-12-13-24(27)17(15-18)7-5-6-14-28-25(29)30-16-23-21-10-3-1-8-19(21)20-9-2-4-11-22(20)23/h1-4,8-13,15,23H,6,14,16,27H2,(H,28,29). The van der Waals surface area contributed by atoms with Crippen LogP contribution in [-0.2, 0) is 4.74 Å². The van der Waals surface area contributed by atoms with Crippen molar-refractivity contribution in [2.75, 3.05) is 18.9 Å². The molecule has 1 amide bonds. The molecule has 0 saturated heterocycles. The SMILES string of the molecule is Nc1ccc(Br)cc1C#CCCNC(=O)OCC1c2ccccc2-c2ccccc21. The number of rotatable bonds is 4. The van der Waals surface area contributed by atoms with Crippen LogP contribution in [0.3, 0.4) is 0 Å². The second-order valence-electron chi connectivity index (χ2n) is 7.04. The van der Waals surface area contributed by atoms with Gasteiger partial charge in [-0.25, -0.2) is 4.79 Å². The van der Waals surface area contributed by atoms with E-state index in [4.69, 9.17) is 10.5 Å². The van der Waals surface area contributed by atoms with E-state index in [0.29, 0.717) is 25.3 Å². The molecule has 1 aliphatic rings. The molecule has 1 aliphatic carbocycles. The zero-order chi connectivity index (χ0) is 20.9. The molecule has 5 heteroatoms. The molecule has 0 saturated carbocycles.